The van der Waals surface area contributed by atoms with Crippen molar-refractivity contribution in [1.29, 1.82) is 0 Å². The lowest BCUT2D eigenvalue weighted by Crippen LogP contribution is -2.42. The predicted molar refractivity (Wildman–Crippen MR) is 71.4 cm³/mol. The van der Waals surface area contributed by atoms with Crippen molar-refractivity contribution < 1.29 is 0 Å². The zero-order valence-corrected chi connectivity index (χ0v) is 11.6. The van der Waals surface area contributed by atoms with Gasteiger partial charge in [-0.1, -0.05) is 0 Å². The first kappa shape index (κ1) is 12.9. The molecule has 6 nitrogen and oxygen atoms in total. The lowest BCUT2D eigenvalue weighted by atomic mass is 10.1. The van der Waals surface area contributed by atoms with Gasteiger partial charge in [0.05, 0.1) is 12.1 Å². The van der Waals surface area contributed by atoms with E-state index in [-0.39, 0.29) is 5.54 Å². The van der Waals surface area contributed by atoms with Crippen LogP contribution in [0.4, 0.5) is 0 Å². The van der Waals surface area contributed by atoms with Crippen LogP contribution >= 0.6 is 0 Å². The molecule has 0 aromatic carbocycles. The van der Waals surface area contributed by atoms with Crippen molar-refractivity contribution in [3.05, 3.63) is 12.2 Å². The minimum absolute atomic E-state index is 0.0478. The first-order valence-electron chi connectivity index (χ1n) is 6.37. The molecule has 0 saturated carbocycles. The molecule has 1 aromatic heterocycles. The van der Waals surface area contributed by atoms with Crippen molar-refractivity contribution in [3.63, 3.8) is 0 Å². The zero-order chi connectivity index (χ0) is 13.2. The fourth-order valence-corrected chi connectivity index (χ4v) is 2.01. The van der Waals surface area contributed by atoms with E-state index in [0.29, 0.717) is 6.54 Å². The number of guanidine groups is 1. The van der Waals surface area contributed by atoms with Crippen molar-refractivity contribution in [3.8, 4) is 0 Å². The number of hydrogen-bond donors (Lipinski definition) is 1. The largest absolute Gasteiger partial charge is 0.349 e. The van der Waals surface area contributed by atoms with E-state index in [1.807, 2.05) is 4.68 Å². The van der Waals surface area contributed by atoms with E-state index in [2.05, 4.69) is 53.1 Å². The molecular formula is C12H22N6. The quantitative estimate of drug-likeness (QED) is 0.844. The third kappa shape index (κ3) is 2.80. The molecule has 1 aromatic rings. The monoisotopic (exact) mass is 250 g/mol. The minimum Gasteiger partial charge on any atom is -0.349 e. The molecule has 0 aliphatic carbocycles. The Bertz CT molecular complexity index is 428. The highest BCUT2D eigenvalue weighted by molar-refractivity contribution is 5.80. The third-order valence-electron chi connectivity index (χ3n) is 2.93. The molecular weight excluding hydrogens is 228 g/mol. The van der Waals surface area contributed by atoms with E-state index in [1.165, 1.54) is 0 Å². The van der Waals surface area contributed by atoms with Gasteiger partial charge < -0.3 is 10.2 Å². The number of nitrogens with one attached hydrogen (secondary N) is 1. The van der Waals surface area contributed by atoms with Gasteiger partial charge >= 0.3 is 0 Å². The maximum Gasteiger partial charge on any atom is 0.194 e. The van der Waals surface area contributed by atoms with E-state index in [0.717, 1.165) is 31.3 Å². The normalized spacial score (nSPS) is 16.7. The zero-order valence-electron chi connectivity index (χ0n) is 11.6. The molecule has 2 heterocycles. The Balaban J connectivity index is 2.03. The highest BCUT2D eigenvalue weighted by atomic mass is 15.4. The molecule has 0 fully saturated rings. The molecule has 0 amide bonds. The second kappa shape index (κ2) is 4.96. The lowest BCUT2D eigenvalue weighted by molar-refractivity contribution is 0.338. The highest BCUT2D eigenvalue weighted by Crippen LogP contribution is 2.13. The van der Waals surface area contributed by atoms with E-state index in [9.17, 15) is 0 Å². The summed E-state index contributed by atoms with van der Waals surface area (Å²) >= 11 is 0. The summed E-state index contributed by atoms with van der Waals surface area (Å²) in [5, 5.41) is 7.62. The Morgan fingerprint density at radius 1 is 1.39 bits per heavy atom. The summed E-state index contributed by atoms with van der Waals surface area (Å²) in [6.45, 7) is 8.97. The molecule has 0 atom stereocenters. The van der Waals surface area contributed by atoms with Gasteiger partial charge in [0.15, 0.2) is 5.96 Å². The molecule has 1 aliphatic rings. The van der Waals surface area contributed by atoms with Gasteiger partial charge in [-0.3, -0.25) is 4.99 Å². The van der Waals surface area contributed by atoms with E-state index < -0.39 is 0 Å². The van der Waals surface area contributed by atoms with Crippen molar-refractivity contribution in [2.24, 2.45) is 4.99 Å². The topological polar surface area (TPSA) is 58.3 Å². The van der Waals surface area contributed by atoms with Crippen LogP contribution in [-0.4, -0.2) is 45.8 Å². The van der Waals surface area contributed by atoms with Gasteiger partial charge in [-0.05, 0) is 27.2 Å². The average molecular weight is 250 g/mol. The molecule has 6 heteroatoms. The summed E-state index contributed by atoms with van der Waals surface area (Å²) < 4.78 is 1.95. The van der Waals surface area contributed by atoms with E-state index in [4.69, 9.17) is 0 Å². The van der Waals surface area contributed by atoms with Crippen molar-refractivity contribution in [1.82, 2.24) is 25.0 Å². The first-order valence-corrected chi connectivity index (χ1v) is 6.37. The summed E-state index contributed by atoms with van der Waals surface area (Å²) in [5.41, 5.74) is -0.0478. The van der Waals surface area contributed by atoms with E-state index in [1.54, 1.807) is 6.33 Å². The van der Waals surface area contributed by atoms with Gasteiger partial charge in [-0.15, -0.1) is 0 Å². The number of aliphatic imine (C=N–C) groups is 1. The number of hydrogen-bond acceptors (Lipinski definition) is 5. The molecule has 100 valence electrons. The van der Waals surface area contributed by atoms with Crippen LogP contribution in [0, 0.1) is 0 Å². The van der Waals surface area contributed by atoms with Crippen LogP contribution in [0.3, 0.4) is 0 Å². The van der Waals surface area contributed by atoms with Crippen LogP contribution in [0.15, 0.2) is 11.3 Å². The SMILES string of the molecule is CN1CCCN=C1NCc1ncnn1C(C)(C)C. The summed E-state index contributed by atoms with van der Waals surface area (Å²) in [6.07, 6.45) is 2.73. The van der Waals surface area contributed by atoms with Gasteiger partial charge in [-0.25, -0.2) is 9.67 Å². The second-order valence-corrected chi connectivity index (χ2v) is 5.59. The highest BCUT2D eigenvalue weighted by Gasteiger charge is 2.19. The van der Waals surface area contributed by atoms with Crippen LogP contribution in [0.25, 0.3) is 0 Å². The fourth-order valence-electron chi connectivity index (χ4n) is 2.01. The molecule has 0 bridgehead atoms. The summed E-state index contributed by atoms with van der Waals surface area (Å²) in [6, 6.07) is 0. The summed E-state index contributed by atoms with van der Waals surface area (Å²) in [5.74, 6) is 1.88. The van der Waals surface area contributed by atoms with Gasteiger partial charge in [0.25, 0.3) is 0 Å². The Morgan fingerprint density at radius 3 is 2.83 bits per heavy atom. The van der Waals surface area contributed by atoms with Gasteiger partial charge in [0.2, 0.25) is 0 Å². The smallest absolute Gasteiger partial charge is 0.194 e. The van der Waals surface area contributed by atoms with Crippen LogP contribution in [0.5, 0.6) is 0 Å². The van der Waals surface area contributed by atoms with Crippen LogP contribution < -0.4 is 5.32 Å². The molecule has 0 radical (unpaired) electrons. The average Bonchev–Trinajstić information content (AvgIpc) is 2.76. The summed E-state index contributed by atoms with van der Waals surface area (Å²) in [7, 11) is 2.06. The lowest BCUT2D eigenvalue weighted by Gasteiger charge is -2.26. The van der Waals surface area contributed by atoms with Crippen molar-refractivity contribution >= 4 is 5.96 Å². The number of aromatic nitrogens is 3. The fraction of sp³-hybridized carbons (Fsp3) is 0.750. The molecule has 2 rings (SSSR count). The maximum atomic E-state index is 4.48. The van der Waals surface area contributed by atoms with Gasteiger partial charge in [-0.2, -0.15) is 5.10 Å². The van der Waals surface area contributed by atoms with Crippen molar-refractivity contribution in [2.75, 3.05) is 20.1 Å². The third-order valence-corrected chi connectivity index (χ3v) is 2.93. The maximum absolute atomic E-state index is 4.48. The summed E-state index contributed by atoms with van der Waals surface area (Å²) in [4.78, 5) is 10.9. The Morgan fingerprint density at radius 2 is 2.17 bits per heavy atom. The minimum atomic E-state index is -0.0478. The van der Waals surface area contributed by atoms with Crippen LogP contribution in [0.2, 0.25) is 0 Å². The predicted octanol–water partition coefficient (Wildman–Crippen LogP) is 0.814. The molecule has 1 N–H and O–H groups in total. The van der Waals surface area contributed by atoms with Crippen molar-refractivity contribution in [2.45, 2.75) is 39.3 Å². The van der Waals surface area contributed by atoms with Gasteiger partial charge in [0.1, 0.15) is 12.2 Å². The van der Waals surface area contributed by atoms with E-state index >= 15 is 0 Å². The molecule has 0 spiro atoms. The second-order valence-electron chi connectivity index (χ2n) is 5.59. The first-order chi connectivity index (χ1) is 8.48. The number of nitrogens with zero attached hydrogens (tertiary/aromatic N) is 5. The van der Waals surface area contributed by atoms with Gasteiger partial charge in [0, 0.05) is 20.1 Å². The molecule has 1 aliphatic heterocycles. The van der Waals surface area contributed by atoms with Crippen LogP contribution in [0.1, 0.15) is 33.0 Å². The Hall–Kier alpha value is -1.59. The Kier molecular flexibility index (Phi) is 3.54. The molecule has 18 heavy (non-hydrogen) atoms. The Labute approximate surface area is 108 Å². The molecule has 0 saturated heterocycles. The van der Waals surface area contributed by atoms with Crippen LogP contribution in [-0.2, 0) is 12.1 Å². The standard InChI is InChI=1S/C12H22N6/c1-12(2,3)18-10(15-9-16-18)8-14-11-13-6-5-7-17(11)4/h9H,5-8H2,1-4H3,(H,13,14). The number of rotatable bonds is 2. The molecule has 0 unspecified atom stereocenters.